The number of carbonyl (C=O) groups excluding carboxylic acids is 1. The van der Waals surface area contributed by atoms with Crippen molar-refractivity contribution in [1.82, 2.24) is 20.4 Å². The summed E-state index contributed by atoms with van der Waals surface area (Å²) >= 11 is 0. The van der Waals surface area contributed by atoms with Crippen molar-refractivity contribution >= 4 is 35.8 Å². The molecule has 0 spiro atoms. The molecule has 1 saturated heterocycles. The van der Waals surface area contributed by atoms with Crippen LogP contribution in [0.4, 0.5) is 0 Å². The van der Waals surface area contributed by atoms with Crippen molar-refractivity contribution in [2.24, 2.45) is 4.99 Å². The first kappa shape index (κ1) is 23.4. The number of unbranched alkanes of at least 4 members (excludes halogenated alkanes) is 1. The SMILES string of the molecule is CCCCNC(=NCC(=O)N(C)C)NC1CCN(C(C)C)CC1.I. The maximum Gasteiger partial charge on any atom is 0.243 e. The van der Waals surface area contributed by atoms with E-state index in [-0.39, 0.29) is 36.4 Å². The maximum atomic E-state index is 11.7. The van der Waals surface area contributed by atoms with E-state index in [0.717, 1.165) is 51.3 Å². The molecule has 2 N–H and O–H groups in total. The third kappa shape index (κ3) is 9.05. The topological polar surface area (TPSA) is 60.0 Å². The number of guanidine groups is 1. The second kappa shape index (κ2) is 12.7. The van der Waals surface area contributed by atoms with E-state index in [1.165, 1.54) is 0 Å². The number of carbonyl (C=O) groups is 1. The summed E-state index contributed by atoms with van der Waals surface area (Å²) in [6.45, 7) is 9.99. The normalized spacial score (nSPS) is 16.7. The number of nitrogens with one attached hydrogen (secondary N) is 2. The van der Waals surface area contributed by atoms with Gasteiger partial charge in [0.1, 0.15) is 6.54 Å². The van der Waals surface area contributed by atoms with Gasteiger partial charge in [-0.15, -0.1) is 24.0 Å². The molecule has 1 aliphatic heterocycles. The van der Waals surface area contributed by atoms with Crippen LogP contribution >= 0.6 is 24.0 Å². The average Bonchev–Trinajstić information content (AvgIpc) is 2.52. The smallest absolute Gasteiger partial charge is 0.243 e. The minimum absolute atomic E-state index is 0. The van der Waals surface area contributed by atoms with Crippen LogP contribution in [0.3, 0.4) is 0 Å². The molecule has 0 aliphatic carbocycles. The molecule has 142 valence electrons. The zero-order valence-electron chi connectivity index (χ0n) is 16.0. The number of piperidine rings is 1. The van der Waals surface area contributed by atoms with Gasteiger partial charge in [0, 0.05) is 45.8 Å². The first-order valence-electron chi connectivity index (χ1n) is 8.93. The highest BCUT2D eigenvalue weighted by Gasteiger charge is 2.21. The van der Waals surface area contributed by atoms with E-state index in [1.54, 1.807) is 19.0 Å². The molecule has 1 amide bonds. The van der Waals surface area contributed by atoms with Gasteiger partial charge in [-0.3, -0.25) is 4.79 Å². The van der Waals surface area contributed by atoms with Crippen molar-refractivity contribution in [2.75, 3.05) is 40.3 Å². The summed E-state index contributed by atoms with van der Waals surface area (Å²) < 4.78 is 0. The molecule has 0 saturated carbocycles. The molecule has 24 heavy (non-hydrogen) atoms. The highest BCUT2D eigenvalue weighted by Crippen LogP contribution is 2.12. The average molecular weight is 453 g/mol. The first-order valence-corrected chi connectivity index (χ1v) is 8.93. The molecule has 0 aromatic carbocycles. The lowest BCUT2D eigenvalue weighted by molar-refractivity contribution is -0.127. The Labute approximate surface area is 164 Å². The molecule has 1 heterocycles. The van der Waals surface area contributed by atoms with Gasteiger partial charge in [-0.25, -0.2) is 4.99 Å². The monoisotopic (exact) mass is 453 g/mol. The largest absolute Gasteiger partial charge is 0.356 e. The predicted octanol–water partition coefficient (Wildman–Crippen LogP) is 1.90. The summed E-state index contributed by atoms with van der Waals surface area (Å²) in [6, 6.07) is 1.05. The minimum Gasteiger partial charge on any atom is -0.356 e. The molecule has 0 aromatic heterocycles. The number of likely N-dealkylation sites (tertiary alicyclic amines) is 1. The second-order valence-electron chi connectivity index (χ2n) is 6.78. The Morgan fingerprint density at radius 2 is 1.92 bits per heavy atom. The highest BCUT2D eigenvalue weighted by molar-refractivity contribution is 14.0. The number of amides is 1. The van der Waals surface area contributed by atoms with E-state index < -0.39 is 0 Å². The molecular weight excluding hydrogens is 417 g/mol. The van der Waals surface area contributed by atoms with Crippen LogP contribution in [0.1, 0.15) is 46.5 Å². The third-order valence-corrected chi connectivity index (χ3v) is 4.29. The lowest BCUT2D eigenvalue weighted by Crippen LogP contribution is -2.50. The molecule has 1 aliphatic rings. The van der Waals surface area contributed by atoms with Gasteiger partial charge in [-0.2, -0.15) is 0 Å². The lowest BCUT2D eigenvalue weighted by atomic mass is 10.0. The summed E-state index contributed by atoms with van der Waals surface area (Å²) in [4.78, 5) is 20.3. The molecule has 7 heteroatoms. The van der Waals surface area contributed by atoms with Crippen LogP contribution in [0.5, 0.6) is 0 Å². The number of nitrogens with zero attached hydrogens (tertiary/aromatic N) is 3. The summed E-state index contributed by atoms with van der Waals surface area (Å²) in [6.07, 6.45) is 4.49. The summed E-state index contributed by atoms with van der Waals surface area (Å²) in [5.74, 6) is 0.799. The first-order chi connectivity index (χ1) is 10.9. The van der Waals surface area contributed by atoms with Crippen LogP contribution in [0.15, 0.2) is 4.99 Å². The van der Waals surface area contributed by atoms with E-state index in [4.69, 9.17) is 0 Å². The number of rotatable bonds is 7. The Balaban J connectivity index is 0.00000529. The van der Waals surface area contributed by atoms with Gasteiger partial charge >= 0.3 is 0 Å². The van der Waals surface area contributed by atoms with Crippen molar-refractivity contribution in [3.8, 4) is 0 Å². The van der Waals surface area contributed by atoms with Crippen LogP contribution in [0, 0.1) is 0 Å². The Kier molecular flexibility index (Phi) is 12.4. The molecule has 0 unspecified atom stereocenters. The van der Waals surface area contributed by atoms with Crippen LogP contribution < -0.4 is 10.6 Å². The number of likely N-dealkylation sites (N-methyl/N-ethyl adjacent to an activating group) is 1. The van der Waals surface area contributed by atoms with Gasteiger partial charge in [-0.05, 0) is 33.1 Å². The maximum absolute atomic E-state index is 11.7. The number of halogens is 1. The summed E-state index contributed by atoms with van der Waals surface area (Å²) in [5, 5.41) is 6.86. The second-order valence-corrected chi connectivity index (χ2v) is 6.78. The molecule has 0 radical (unpaired) electrons. The number of aliphatic imine (C=N–C) groups is 1. The van der Waals surface area contributed by atoms with Crippen LogP contribution in [0.2, 0.25) is 0 Å². The van der Waals surface area contributed by atoms with Gasteiger partial charge < -0.3 is 20.4 Å². The number of hydrogen-bond acceptors (Lipinski definition) is 3. The zero-order chi connectivity index (χ0) is 17.2. The Bertz CT molecular complexity index is 379. The quantitative estimate of drug-likeness (QED) is 0.268. The molecule has 0 aromatic rings. The predicted molar refractivity (Wildman–Crippen MR) is 112 cm³/mol. The van der Waals surface area contributed by atoms with E-state index in [2.05, 4.69) is 41.3 Å². The standard InChI is InChI=1S/C17H35N5O.HI/c1-6-7-10-18-17(19-13-16(23)21(4)5)20-15-8-11-22(12-9-15)14(2)3;/h14-15H,6-13H2,1-5H3,(H2,18,19,20);1H. The van der Waals surface area contributed by atoms with Crippen LogP contribution in [0.25, 0.3) is 0 Å². The molecule has 1 rings (SSSR count). The van der Waals surface area contributed by atoms with Crippen LogP contribution in [-0.2, 0) is 4.79 Å². The Morgan fingerprint density at radius 3 is 2.42 bits per heavy atom. The van der Waals surface area contributed by atoms with E-state index in [1.807, 2.05) is 0 Å². The van der Waals surface area contributed by atoms with Crippen molar-refractivity contribution in [3.63, 3.8) is 0 Å². The fraction of sp³-hybridized carbons (Fsp3) is 0.882. The summed E-state index contributed by atoms with van der Waals surface area (Å²) in [7, 11) is 3.52. The van der Waals surface area contributed by atoms with Crippen molar-refractivity contribution in [3.05, 3.63) is 0 Å². The molecule has 0 bridgehead atoms. The fourth-order valence-electron chi connectivity index (χ4n) is 2.58. The van der Waals surface area contributed by atoms with Crippen molar-refractivity contribution in [1.29, 1.82) is 0 Å². The van der Waals surface area contributed by atoms with E-state index >= 15 is 0 Å². The highest BCUT2D eigenvalue weighted by atomic mass is 127. The van der Waals surface area contributed by atoms with Gasteiger partial charge in [0.15, 0.2) is 5.96 Å². The van der Waals surface area contributed by atoms with Gasteiger partial charge in [0.25, 0.3) is 0 Å². The lowest BCUT2D eigenvalue weighted by Gasteiger charge is -2.35. The molecule has 1 fully saturated rings. The molecule has 0 atom stereocenters. The zero-order valence-corrected chi connectivity index (χ0v) is 18.3. The molecule has 6 nitrogen and oxygen atoms in total. The van der Waals surface area contributed by atoms with E-state index in [0.29, 0.717) is 12.1 Å². The Hall–Kier alpha value is -0.570. The number of hydrogen-bond donors (Lipinski definition) is 2. The fourth-order valence-corrected chi connectivity index (χ4v) is 2.58. The third-order valence-electron chi connectivity index (χ3n) is 4.29. The van der Waals surface area contributed by atoms with Crippen molar-refractivity contribution in [2.45, 2.75) is 58.5 Å². The van der Waals surface area contributed by atoms with Crippen LogP contribution in [-0.4, -0.2) is 74.0 Å². The van der Waals surface area contributed by atoms with Crippen molar-refractivity contribution < 1.29 is 4.79 Å². The van der Waals surface area contributed by atoms with E-state index in [9.17, 15) is 4.79 Å². The summed E-state index contributed by atoms with van der Waals surface area (Å²) in [5.41, 5.74) is 0. The van der Waals surface area contributed by atoms with Gasteiger partial charge in [-0.1, -0.05) is 13.3 Å². The Morgan fingerprint density at radius 1 is 1.29 bits per heavy atom. The van der Waals surface area contributed by atoms with Gasteiger partial charge in [0.05, 0.1) is 0 Å². The molecular formula is C17H36IN5O. The minimum atomic E-state index is 0. The van der Waals surface area contributed by atoms with Gasteiger partial charge in [0.2, 0.25) is 5.91 Å².